The lowest BCUT2D eigenvalue weighted by atomic mass is 10.1. The molecule has 0 bridgehead atoms. The molecule has 0 aliphatic carbocycles. The van der Waals surface area contributed by atoms with Crippen LogP contribution >= 0.6 is 0 Å². The largest absolute Gasteiger partial charge is 0.506 e. The summed E-state index contributed by atoms with van der Waals surface area (Å²) < 4.78 is 1.38. The van der Waals surface area contributed by atoms with E-state index in [0.29, 0.717) is 16.6 Å². The van der Waals surface area contributed by atoms with Gasteiger partial charge in [0.2, 0.25) is 0 Å². The van der Waals surface area contributed by atoms with Crippen LogP contribution < -0.4 is 15.4 Å². The standard InChI is InChI=1S/C20H21N3O3/c1-21(2)13-9-11-14(12-10-13)22(3)19(25)17-18(24)15-7-5-6-8-16(15)23(4)20(17)26/h5-12,24H,1-4H3. The summed E-state index contributed by atoms with van der Waals surface area (Å²) in [7, 11) is 7.04. The van der Waals surface area contributed by atoms with Crippen LogP contribution in [0.15, 0.2) is 53.3 Å². The molecule has 134 valence electrons. The number of amides is 1. The topological polar surface area (TPSA) is 65.8 Å². The number of benzene rings is 2. The van der Waals surface area contributed by atoms with Crippen LogP contribution in [0.1, 0.15) is 10.4 Å². The molecule has 1 aromatic heterocycles. The summed E-state index contributed by atoms with van der Waals surface area (Å²) in [5.74, 6) is -0.836. The maximum absolute atomic E-state index is 12.9. The third-order valence-electron chi connectivity index (χ3n) is 4.55. The third kappa shape index (κ3) is 2.79. The van der Waals surface area contributed by atoms with Crippen molar-refractivity contribution in [3.8, 4) is 5.75 Å². The zero-order valence-corrected chi connectivity index (χ0v) is 15.2. The van der Waals surface area contributed by atoms with Crippen molar-refractivity contribution in [2.24, 2.45) is 7.05 Å². The molecule has 6 nitrogen and oxygen atoms in total. The van der Waals surface area contributed by atoms with Gasteiger partial charge in [-0.25, -0.2) is 0 Å². The number of anilines is 2. The van der Waals surface area contributed by atoms with Gasteiger partial charge < -0.3 is 19.5 Å². The van der Waals surface area contributed by atoms with Gasteiger partial charge in [0.05, 0.1) is 5.52 Å². The number of para-hydroxylation sites is 1. The maximum Gasteiger partial charge on any atom is 0.267 e. The Bertz CT molecular complexity index is 1040. The Balaban J connectivity index is 2.08. The highest BCUT2D eigenvalue weighted by Crippen LogP contribution is 2.28. The third-order valence-corrected chi connectivity index (χ3v) is 4.55. The summed E-state index contributed by atoms with van der Waals surface area (Å²) >= 11 is 0. The summed E-state index contributed by atoms with van der Waals surface area (Å²) in [6.45, 7) is 0. The molecule has 2 aromatic carbocycles. The van der Waals surface area contributed by atoms with Gasteiger partial charge in [0.25, 0.3) is 11.5 Å². The van der Waals surface area contributed by atoms with Gasteiger partial charge in [-0.3, -0.25) is 9.59 Å². The van der Waals surface area contributed by atoms with E-state index in [1.165, 1.54) is 9.47 Å². The van der Waals surface area contributed by atoms with E-state index >= 15 is 0 Å². The van der Waals surface area contributed by atoms with Crippen molar-refractivity contribution in [1.82, 2.24) is 4.57 Å². The zero-order chi connectivity index (χ0) is 19.0. The number of aromatic nitrogens is 1. The Hall–Kier alpha value is -3.28. The van der Waals surface area contributed by atoms with Gasteiger partial charge in [0.1, 0.15) is 11.3 Å². The minimum absolute atomic E-state index is 0.231. The van der Waals surface area contributed by atoms with Crippen molar-refractivity contribution in [1.29, 1.82) is 0 Å². The van der Waals surface area contributed by atoms with Crippen molar-refractivity contribution in [2.45, 2.75) is 0 Å². The molecule has 0 aliphatic heterocycles. The van der Waals surface area contributed by atoms with Crippen molar-refractivity contribution in [3.05, 3.63) is 64.4 Å². The summed E-state index contributed by atoms with van der Waals surface area (Å²) in [5.41, 5.74) is 1.45. The second-order valence-corrected chi connectivity index (χ2v) is 6.38. The van der Waals surface area contributed by atoms with E-state index in [4.69, 9.17) is 0 Å². The fourth-order valence-corrected chi connectivity index (χ4v) is 2.93. The normalized spacial score (nSPS) is 10.8. The number of aryl methyl sites for hydroxylation is 1. The molecule has 26 heavy (non-hydrogen) atoms. The van der Waals surface area contributed by atoms with Crippen LogP contribution in [-0.2, 0) is 7.05 Å². The van der Waals surface area contributed by atoms with Crippen LogP contribution in [0.5, 0.6) is 5.75 Å². The van der Waals surface area contributed by atoms with Crippen LogP contribution in [0.2, 0.25) is 0 Å². The van der Waals surface area contributed by atoms with Crippen molar-refractivity contribution in [3.63, 3.8) is 0 Å². The fourth-order valence-electron chi connectivity index (χ4n) is 2.93. The number of pyridine rings is 1. The molecule has 0 aliphatic rings. The van der Waals surface area contributed by atoms with Gasteiger partial charge in [0.15, 0.2) is 0 Å². The molecular formula is C20H21N3O3. The minimum Gasteiger partial charge on any atom is -0.506 e. The van der Waals surface area contributed by atoms with Crippen LogP contribution in [0.3, 0.4) is 0 Å². The van der Waals surface area contributed by atoms with Gasteiger partial charge in [-0.15, -0.1) is 0 Å². The van der Waals surface area contributed by atoms with Gasteiger partial charge in [-0.05, 0) is 36.4 Å². The quantitative estimate of drug-likeness (QED) is 0.788. The van der Waals surface area contributed by atoms with Crippen molar-refractivity contribution < 1.29 is 9.90 Å². The van der Waals surface area contributed by atoms with E-state index in [2.05, 4.69) is 0 Å². The Kier molecular flexibility index (Phi) is 4.42. The molecule has 6 heteroatoms. The van der Waals surface area contributed by atoms with Gasteiger partial charge in [-0.2, -0.15) is 0 Å². The molecule has 1 heterocycles. The first-order valence-corrected chi connectivity index (χ1v) is 8.19. The lowest BCUT2D eigenvalue weighted by molar-refractivity contribution is 0.0988. The summed E-state index contributed by atoms with van der Waals surface area (Å²) in [6, 6.07) is 14.3. The van der Waals surface area contributed by atoms with Gasteiger partial charge >= 0.3 is 0 Å². The second kappa shape index (κ2) is 6.55. The number of hydrogen-bond donors (Lipinski definition) is 1. The fraction of sp³-hybridized carbons (Fsp3) is 0.200. The predicted molar refractivity (Wildman–Crippen MR) is 104 cm³/mol. The molecule has 3 rings (SSSR count). The molecule has 1 amide bonds. The van der Waals surface area contributed by atoms with E-state index in [-0.39, 0.29) is 11.3 Å². The predicted octanol–water partition coefficient (Wildman–Crippen LogP) is 2.59. The number of carbonyl (C=O) groups excluding carboxylic acids is 1. The zero-order valence-electron chi connectivity index (χ0n) is 15.2. The number of fused-ring (bicyclic) bond motifs is 1. The number of rotatable bonds is 3. The monoisotopic (exact) mass is 351 g/mol. The molecule has 0 atom stereocenters. The molecule has 0 saturated heterocycles. The average molecular weight is 351 g/mol. The Morgan fingerprint density at radius 2 is 1.54 bits per heavy atom. The lowest BCUT2D eigenvalue weighted by Gasteiger charge is -2.20. The Morgan fingerprint density at radius 1 is 0.962 bits per heavy atom. The van der Waals surface area contributed by atoms with Crippen LogP contribution in [0.25, 0.3) is 10.9 Å². The van der Waals surface area contributed by atoms with Gasteiger partial charge in [0, 0.05) is 45.0 Å². The summed E-state index contributed by atoms with van der Waals surface area (Å²) in [4.78, 5) is 28.9. The Morgan fingerprint density at radius 3 is 2.15 bits per heavy atom. The highest BCUT2D eigenvalue weighted by Gasteiger charge is 2.24. The number of aromatic hydroxyl groups is 1. The molecule has 0 fully saturated rings. The molecule has 1 N–H and O–H groups in total. The SMILES string of the molecule is CN(C)c1ccc(N(C)C(=O)c2c(O)c3ccccc3n(C)c2=O)cc1. The number of carbonyl (C=O) groups is 1. The van der Waals surface area contributed by atoms with E-state index in [1.807, 2.05) is 31.1 Å². The van der Waals surface area contributed by atoms with Crippen LogP contribution in [-0.4, -0.2) is 36.7 Å². The molecule has 0 spiro atoms. The highest BCUT2D eigenvalue weighted by atomic mass is 16.3. The van der Waals surface area contributed by atoms with Crippen LogP contribution in [0.4, 0.5) is 11.4 Å². The smallest absolute Gasteiger partial charge is 0.267 e. The number of hydrogen-bond acceptors (Lipinski definition) is 4. The molecule has 3 aromatic rings. The molecular weight excluding hydrogens is 330 g/mol. The highest BCUT2D eigenvalue weighted by molar-refractivity contribution is 6.10. The first-order chi connectivity index (χ1) is 12.3. The van der Waals surface area contributed by atoms with E-state index in [1.54, 1.807) is 50.5 Å². The van der Waals surface area contributed by atoms with Gasteiger partial charge in [-0.1, -0.05) is 12.1 Å². The summed E-state index contributed by atoms with van der Waals surface area (Å²) in [5, 5.41) is 11.0. The first kappa shape index (κ1) is 17.5. The first-order valence-electron chi connectivity index (χ1n) is 8.19. The molecule has 0 saturated carbocycles. The van der Waals surface area contributed by atoms with Crippen LogP contribution in [0, 0.1) is 0 Å². The van der Waals surface area contributed by atoms with E-state index < -0.39 is 11.5 Å². The Labute approximate surface area is 151 Å². The van der Waals surface area contributed by atoms with E-state index in [9.17, 15) is 14.7 Å². The van der Waals surface area contributed by atoms with Crippen molar-refractivity contribution in [2.75, 3.05) is 30.9 Å². The molecule has 0 radical (unpaired) electrons. The van der Waals surface area contributed by atoms with Crippen molar-refractivity contribution >= 4 is 28.2 Å². The second-order valence-electron chi connectivity index (χ2n) is 6.38. The summed E-state index contributed by atoms with van der Waals surface area (Å²) in [6.07, 6.45) is 0. The number of nitrogens with zero attached hydrogens (tertiary/aromatic N) is 3. The maximum atomic E-state index is 12.9. The average Bonchev–Trinajstić information content (AvgIpc) is 2.65. The lowest BCUT2D eigenvalue weighted by Crippen LogP contribution is -2.34. The molecule has 0 unspecified atom stereocenters. The van der Waals surface area contributed by atoms with E-state index in [0.717, 1.165) is 5.69 Å². The minimum atomic E-state index is -0.550.